The molecule has 4 heteroatoms. The Morgan fingerprint density at radius 3 is 2.43 bits per heavy atom. The molecule has 0 aliphatic carbocycles. The van der Waals surface area contributed by atoms with E-state index in [-0.39, 0.29) is 0 Å². The van der Waals surface area contributed by atoms with Crippen molar-refractivity contribution in [3.63, 3.8) is 0 Å². The molecule has 118 valence electrons. The van der Waals surface area contributed by atoms with Crippen molar-refractivity contribution in [1.82, 2.24) is 9.97 Å². The van der Waals surface area contributed by atoms with Gasteiger partial charge in [-0.3, -0.25) is 0 Å². The highest BCUT2D eigenvalue weighted by Gasteiger charge is 2.21. The first-order valence-electron chi connectivity index (χ1n) is 8.32. The largest absolute Gasteiger partial charge is 0.341 e. The molecule has 1 aromatic heterocycles. The third kappa shape index (κ3) is 4.16. The van der Waals surface area contributed by atoms with Gasteiger partial charge in [-0.15, -0.1) is 0 Å². The third-order valence-electron chi connectivity index (χ3n) is 4.34. The van der Waals surface area contributed by atoms with Gasteiger partial charge in [-0.05, 0) is 49.1 Å². The van der Waals surface area contributed by atoms with Gasteiger partial charge in [0.2, 0.25) is 5.95 Å². The van der Waals surface area contributed by atoms with Crippen LogP contribution in [0, 0.1) is 11.8 Å². The molecule has 0 atom stereocenters. The minimum Gasteiger partial charge on any atom is -0.341 e. The molecular weight excluding hydrogens is 260 g/mol. The van der Waals surface area contributed by atoms with Crippen molar-refractivity contribution in [3.8, 4) is 0 Å². The summed E-state index contributed by atoms with van der Waals surface area (Å²) in [6, 6.07) is 0. The number of rotatable bonds is 5. The lowest BCUT2D eigenvalue weighted by Crippen LogP contribution is -2.37. The van der Waals surface area contributed by atoms with E-state index >= 15 is 0 Å². The summed E-state index contributed by atoms with van der Waals surface area (Å²) in [6.45, 7) is 11.8. The molecule has 2 rings (SSSR count). The molecule has 1 aromatic rings. The first-order chi connectivity index (χ1) is 10.0. The van der Waals surface area contributed by atoms with E-state index in [9.17, 15) is 0 Å². The maximum atomic E-state index is 5.77. The Balaban J connectivity index is 2.17. The average molecular weight is 290 g/mol. The average Bonchev–Trinajstić information content (AvgIpc) is 2.46. The molecule has 1 aliphatic heterocycles. The predicted molar refractivity (Wildman–Crippen MR) is 88.7 cm³/mol. The van der Waals surface area contributed by atoms with Crippen LogP contribution in [0.1, 0.15) is 57.7 Å². The Kier molecular flexibility index (Phi) is 5.57. The van der Waals surface area contributed by atoms with E-state index in [1.807, 2.05) is 6.20 Å². The van der Waals surface area contributed by atoms with E-state index in [1.165, 1.54) is 11.3 Å². The molecule has 1 saturated heterocycles. The standard InChI is InChI=1S/C17H30N4/c1-12(2)9-16-15(13(3)4)11-19-17(20-16)21-7-5-14(10-18)6-8-21/h11-14H,5-10,18H2,1-4H3. The quantitative estimate of drug-likeness (QED) is 0.906. The number of hydrogen-bond acceptors (Lipinski definition) is 4. The summed E-state index contributed by atoms with van der Waals surface area (Å²) in [5, 5.41) is 0. The van der Waals surface area contributed by atoms with Crippen molar-refractivity contribution in [2.75, 3.05) is 24.5 Å². The van der Waals surface area contributed by atoms with Crippen molar-refractivity contribution < 1.29 is 0 Å². The summed E-state index contributed by atoms with van der Waals surface area (Å²) in [5.41, 5.74) is 8.29. The molecule has 2 N–H and O–H groups in total. The highest BCUT2D eigenvalue weighted by Crippen LogP contribution is 2.24. The summed E-state index contributed by atoms with van der Waals surface area (Å²) in [7, 11) is 0. The van der Waals surface area contributed by atoms with Gasteiger partial charge in [-0.25, -0.2) is 9.97 Å². The second kappa shape index (κ2) is 7.21. The summed E-state index contributed by atoms with van der Waals surface area (Å²) in [6.07, 6.45) is 5.39. The minimum atomic E-state index is 0.482. The van der Waals surface area contributed by atoms with E-state index in [0.717, 1.165) is 44.8 Å². The summed E-state index contributed by atoms with van der Waals surface area (Å²) >= 11 is 0. The van der Waals surface area contributed by atoms with Crippen LogP contribution >= 0.6 is 0 Å². The van der Waals surface area contributed by atoms with Gasteiger partial charge in [0.05, 0.1) is 0 Å². The summed E-state index contributed by atoms with van der Waals surface area (Å²) in [5.74, 6) is 2.68. The van der Waals surface area contributed by atoms with Gasteiger partial charge >= 0.3 is 0 Å². The lowest BCUT2D eigenvalue weighted by Gasteiger charge is -2.31. The fourth-order valence-electron chi connectivity index (χ4n) is 2.97. The zero-order chi connectivity index (χ0) is 15.4. The number of nitrogens with zero attached hydrogens (tertiary/aromatic N) is 3. The Bertz CT molecular complexity index is 448. The fourth-order valence-corrected chi connectivity index (χ4v) is 2.97. The van der Waals surface area contributed by atoms with Crippen molar-refractivity contribution in [2.24, 2.45) is 17.6 Å². The predicted octanol–water partition coefficient (Wildman–Crippen LogP) is 2.97. The molecule has 0 spiro atoms. The van der Waals surface area contributed by atoms with Crippen molar-refractivity contribution >= 4 is 5.95 Å². The van der Waals surface area contributed by atoms with E-state index in [1.54, 1.807) is 0 Å². The van der Waals surface area contributed by atoms with Crippen molar-refractivity contribution in [3.05, 3.63) is 17.5 Å². The lowest BCUT2D eigenvalue weighted by atomic mass is 9.96. The maximum Gasteiger partial charge on any atom is 0.225 e. The van der Waals surface area contributed by atoms with Gasteiger partial charge in [0.25, 0.3) is 0 Å². The fraction of sp³-hybridized carbons (Fsp3) is 0.765. The molecule has 21 heavy (non-hydrogen) atoms. The normalized spacial score (nSPS) is 17.0. The van der Waals surface area contributed by atoms with Gasteiger partial charge in [-0.1, -0.05) is 27.7 Å². The van der Waals surface area contributed by atoms with Crippen LogP contribution in [-0.4, -0.2) is 29.6 Å². The number of anilines is 1. The molecule has 0 amide bonds. The van der Waals surface area contributed by atoms with Gasteiger partial charge in [0.15, 0.2) is 0 Å². The second-order valence-electron chi connectivity index (χ2n) is 6.99. The van der Waals surface area contributed by atoms with Crippen LogP contribution in [0.3, 0.4) is 0 Å². The lowest BCUT2D eigenvalue weighted by molar-refractivity contribution is 0.411. The van der Waals surface area contributed by atoms with Crippen LogP contribution in [0.2, 0.25) is 0 Å². The van der Waals surface area contributed by atoms with Crippen molar-refractivity contribution in [1.29, 1.82) is 0 Å². The molecule has 0 unspecified atom stereocenters. The van der Waals surface area contributed by atoms with E-state index in [2.05, 4.69) is 37.6 Å². The minimum absolute atomic E-state index is 0.482. The highest BCUT2D eigenvalue weighted by atomic mass is 15.3. The SMILES string of the molecule is CC(C)Cc1nc(N2CCC(CN)CC2)ncc1C(C)C. The molecule has 1 aliphatic rings. The summed E-state index contributed by atoms with van der Waals surface area (Å²) in [4.78, 5) is 11.8. The molecule has 0 radical (unpaired) electrons. The molecule has 4 nitrogen and oxygen atoms in total. The number of nitrogens with two attached hydrogens (primary N) is 1. The number of aromatic nitrogens is 2. The topological polar surface area (TPSA) is 55.0 Å². The highest BCUT2D eigenvalue weighted by molar-refractivity contribution is 5.35. The molecule has 0 bridgehead atoms. The van der Waals surface area contributed by atoms with Crippen LogP contribution in [0.5, 0.6) is 0 Å². The van der Waals surface area contributed by atoms with Gasteiger partial charge in [0.1, 0.15) is 0 Å². The first kappa shape index (κ1) is 16.2. The monoisotopic (exact) mass is 290 g/mol. The number of hydrogen-bond donors (Lipinski definition) is 1. The molecule has 2 heterocycles. The third-order valence-corrected chi connectivity index (χ3v) is 4.34. The van der Waals surface area contributed by atoms with Crippen LogP contribution in [-0.2, 0) is 6.42 Å². The van der Waals surface area contributed by atoms with Gasteiger partial charge in [0, 0.05) is 25.0 Å². The Morgan fingerprint density at radius 1 is 1.24 bits per heavy atom. The molecule has 1 fully saturated rings. The van der Waals surface area contributed by atoms with E-state index in [4.69, 9.17) is 10.7 Å². The van der Waals surface area contributed by atoms with Crippen LogP contribution < -0.4 is 10.6 Å². The molecular formula is C17H30N4. The van der Waals surface area contributed by atoms with Crippen LogP contribution in [0.25, 0.3) is 0 Å². The Hall–Kier alpha value is -1.16. The van der Waals surface area contributed by atoms with Crippen LogP contribution in [0.4, 0.5) is 5.95 Å². The van der Waals surface area contributed by atoms with Crippen LogP contribution in [0.15, 0.2) is 6.20 Å². The maximum absolute atomic E-state index is 5.77. The van der Waals surface area contributed by atoms with E-state index in [0.29, 0.717) is 17.8 Å². The molecule has 0 saturated carbocycles. The first-order valence-corrected chi connectivity index (χ1v) is 8.32. The number of piperidine rings is 1. The van der Waals surface area contributed by atoms with Gasteiger partial charge < -0.3 is 10.6 Å². The molecule has 0 aromatic carbocycles. The van der Waals surface area contributed by atoms with Gasteiger partial charge in [-0.2, -0.15) is 0 Å². The van der Waals surface area contributed by atoms with E-state index < -0.39 is 0 Å². The smallest absolute Gasteiger partial charge is 0.225 e. The van der Waals surface area contributed by atoms with Crippen molar-refractivity contribution in [2.45, 2.75) is 52.9 Å². The second-order valence-corrected chi connectivity index (χ2v) is 6.99. The zero-order valence-electron chi connectivity index (χ0n) is 14.0. The Labute approximate surface area is 129 Å². The zero-order valence-corrected chi connectivity index (χ0v) is 14.0. The summed E-state index contributed by atoms with van der Waals surface area (Å²) < 4.78 is 0. The Morgan fingerprint density at radius 2 is 1.90 bits per heavy atom.